The molecule has 0 radical (unpaired) electrons. The lowest BCUT2D eigenvalue weighted by Gasteiger charge is -2.33. The third-order valence-electron chi connectivity index (χ3n) is 5.26. The molecule has 2 amide bonds. The fourth-order valence-electron chi connectivity index (χ4n) is 3.36. The summed E-state index contributed by atoms with van der Waals surface area (Å²) in [6, 6.07) is 3.89. The molecule has 0 aromatic heterocycles. The number of piperidine rings is 1. The van der Waals surface area contributed by atoms with Crippen molar-refractivity contribution in [3.8, 4) is 0 Å². The van der Waals surface area contributed by atoms with Crippen LogP contribution in [0.25, 0.3) is 0 Å². The molecule has 172 valence electrons. The highest BCUT2D eigenvalue weighted by Gasteiger charge is 2.33. The van der Waals surface area contributed by atoms with E-state index in [9.17, 15) is 27.9 Å². The van der Waals surface area contributed by atoms with Gasteiger partial charge >= 0.3 is 5.97 Å². The number of carboxylic acid groups (broad SMARTS) is 1. The first-order valence-electron chi connectivity index (χ1n) is 10.0. The number of aliphatic carboxylic acids is 1. The van der Waals surface area contributed by atoms with E-state index in [-0.39, 0.29) is 18.0 Å². The monoisotopic (exact) mass is 455 g/mol. The number of amides is 2. The number of aryl methyl sites for hydroxylation is 1. The minimum atomic E-state index is -3.85. The van der Waals surface area contributed by atoms with E-state index in [1.807, 2.05) is 6.92 Å². The predicted octanol–water partition coefficient (Wildman–Crippen LogP) is -0.149. The molecule has 0 saturated carbocycles. The third kappa shape index (κ3) is 6.49. The van der Waals surface area contributed by atoms with E-state index < -0.39 is 51.9 Å². The molecule has 1 heterocycles. The molecule has 10 nitrogen and oxygen atoms in total. The first-order valence-corrected chi connectivity index (χ1v) is 11.5. The zero-order valence-corrected chi connectivity index (χ0v) is 18.6. The standard InChI is InChI=1S/C20H29N3O7S/c1-12-4-6-16(7-5-12)31(29,30)22-13(2)19(26)23-10-8-15(9-11-23)18(25)21-17(14(3)24)20(27)28/h4-7,13-15,17,22,24H,8-11H2,1-3H3,(H,21,25)(H,27,28)/t13-,14-,17-/m0/s1. The van der Waals surface area contributed by atoms with Gasteiger partial charge in [-0.15, -0.1) is 0 Å². The summed E-state index contributed by atoms with van der Waals surface area (Å²) in [6.07, 6.45) is -0.631. The molecule has 0 spiro atoms. The van der Waals surface area contributed by atoms with Crippen LogP contribution in [0.4, 0.5) is 0 Å². The molecule has 1 aliphatic rings. The lowest BCUT2D eigenvalue weighted by molar-refractivity contribution is -0.146. The van der Waals surface area contributed by atoms with Crippen LogP contribution in [0.2, 0.25) is 0 Å². The number of nitrogens with zero attached hydrogens (tertiary/aromatic N) is 1. The second-order valence-corrected chi connectivity index (χ2v) is 9.53. The lowest BCUT2D eigenvalue weighted by Crippen LogP contribution is -2.53. The summed E-state index contributed by atoms with van der Waals surface area (Å²) >= 11 is 0. The van der Waals surface area contributed by atoms with E-state index in [0.29, 0.717) is 12.8 Å². The van der Waals surface area contributed by atoms with E-state index in [1.165, 1.54) is 30.9 Å². The van der Waals surface area contributed by atoms with E-state index >= 15 is 0 Å². The molecular weight excluding hydrogens is 426 g/mol. The molecule has 31 heavy (non-hydrogen) atoms. The highest BCUT2D eigenvalue weighted by Crippen LogP contribution is 2.19. The number of aliphatic hydroxyl groups excluding tert-OH is 1. The fraction of sp³-hybridized carbons (Fsp3) is 0.550. The molecule has 3 atom stereocenters. The number of hydrogen-bond acceptors (Lipinski definition) is 6. The van der Waals surface area contributed by atoms with Crippen LogP contribution < -0.4 is 10.0 Å². The molecule has 0 unspecified atom stereocenters. The van der Waals surface area contributed by atoms with Crippen LogP contribution in [0, 0.1) is 12.8 Å². The van der Waals surface area contributed by atoms with Crippen LogP contribution in [0.15, 0.2) is 29.2 Å². The van der Waals surface area contributed by atoms with Gasteiger partial charge in [-0.1, -0.05) is 17.7 Å². The molecule has 1 aromatic carbocycles. The Bertz CT molecular complexity index is 907. The molecule has 1 aromatic rings. The predicted molar refractivity (Wildman–Crippen MR) is 112 cm³/mol. The van der Waals surface area contributed by atoms with Gasteiger partial charge in [-0.2, -0.15) is 4.72 Å². The quantitative estimate of drug-likeness (QED) is 0.425. The Balaban J connectivity index is 1.91. The number of benzene rings is 1. The minimum Gasteiger partial charge on any atom is -0.480 e. The van der Waals surface area contributed by atoms with Crippen molar-refractivity contribution in [2.24, 2.45) is 5.92 Å². The number of sulfonamides is 1. The summed E-state index contributed by atoms with van der Waals surface area (Å²) < 4.78 is 27.4. The van der Waals surface area contributed by atoms with Crippen LogP contribution in [-0.2, 0) is 24.4 Å². The number of carboxylic acids is 1. The smallest absolute Gasteiger partial charge is 0.328 e. The first kappa shape index (κ1) is 24.8. The van der Waals surface area contributed by atoms with Gasteiger partial charge in [0.25, 0.3) is 0 Å². The topological polar surface area (TPSA) is 153 Å². The summed E-state index contributed by atoms with van der Waals surface area (Å²) in [5.74, 6) is -2.72. The molecule has 2 rings (SSSR count). The molecule has 1 fully saturated rings. The summed E-state index contributed by atoms with van der Waals surface area (Å²) in [4.78, 5) is 37.7. The second-order valence-electron chi connectivity index (χ2n) is 7.82. The van der Waals surface area contributed by atoms with Gasteiger partial charge < -0.3 is 20.4 Å². The number of likely N-dealkylation sites (tertiary alicyclic amines) is 1. The number of carbonyl (C=O) groups excluding carboxylic acids is 2. The molecule has 0 aliphatic carbocycles. The number of nitrogens with one attached hydrogen (secondary N) is 2. The molecule has 11 heteroatoms. The maximum atomic E-state index is 12.7. The van der Waals surface area contributed by atoms with Gasteiger partial charge in [-0.05, 0) is 45.7 Å². The van der Waals surface area contributed by atoms with E-state index in [2.05, 4.69) is 10.0 Å². The molecular formula is C20H29N3O7S. The molecule has 1 aliphatic heterocycles. The number of rotatable bonds is 8. The Morgan fingerprint density at radius 2 is 1.65 bits per heavy atom. The summed E-state index contributed by atoms with van der Waals surface area (Å²) in [5, 5.41) is 20.9. The van der Waals surface area contributed by atoms with Crippen molar-refractivity contribution < 1.29 is 33.0 Å². The van der Waals surface area contributed by atoms with Gasteiger partial charge in [0.1, 0.15) is 0 Å². The highest BCUT2D eigenvalue weighted by molar-refractivity contribution is 7.89. The average molecular weight is 456 g/mol. The van der Waals surface area contributed by atoms with Crippen molar-refractivity contribution in [3.05, 3.63) is 29.8 Å². The van der Waals surface area contributed by atoms with E-state index in [4.69, 9.17) is 5.11 Å². The van der Waals surface area contributed by atoms with Crippen LogP contribution >= 0.6 is 0 Å². The van der Waals surface area contributed by atoms with Gasteiger partial charge in [0.05, 0.1) is 17.0 Å². The summed E-state index contributed by atoms with van der Waals surface area (Å²) in [6.45, 7) is 5.05. The Hall–Kier alpha value is -2.50. The molecule has 0 bridgehead atoms. The molecule has 4 N–H and O–H groups in total. The van der Waals surface area contributed by atoms with Crippen molar-refractivity contribution >= 4 is 27.8 Å². The zero-order valence-electron chi connectivity index (χ0n) is 17.7. The fourth-order valence-corrected chi connectivity index (χ4v) is 4.56. The number of carbonyl (C=O) groups is 3. The highest BCUT2D eigenvalue weighted by atomic mass is 32.2. The van der Waals surface area contributed by atoms with Gasteiger partial charge in [0.15, 0.2) is 6.04 Å². The Kier molecular flexibility index (Phi) is 8.15. The molecule has 1 saturated heterocycles. The SMILES string of the molecule is Cc1ccc(S(=O)(=O)N[C@@H](C)C(=O)N2CCC(C(=O)N[C@H](C(=O)O)[C@H](C)O)CC2)cc1. The van der Waals surface area contributed by atoms with E-state index in [0.717, 1.165) is 5.56 Å². The van der Waals surface area contributed by atoms with Crippen LogP contribution in [0.5, 0.6) is 0 Å². The average Bonchev–Trinajstić information content (AvgIpc) is 2.70. The first-order chi connectivity index (χ1) is 14.4. The number of aliphatic hydroxyl groups is 1. The van der Waals surface area contributed by atoms with Crippen molar-refractivity contribution in [2.75, 3.05) is 13.1 Å². The second kappa shape index (κ2) is 10.2. The van der Waals surface area contributed by atoms with Crippen LogP contribution in [0.1, 0.15) is 32.3 Å². The van der Waals surface area contributed by atoms with Crippen LogP contribution in [0.3, 0.4) is 0 Å². The maximum Gasteiger partial charge on any atom is 0.328 e. The Morgan fingerprint density at radius 3 is 2.13 bits per heavy atom. The van der Waals surface area contributed by atoms with Crippen molar-refractivity contribution in [1.29, 1.82) is 0 Å². The van der Waals surface area contributed by atoms with Gasteiger partial charge in [0.2, 0.25) is 21.8 Å². The van der Waals surface area contributed by atoms with Gasteiger partial charge in [-0.25, -0.2) is 13.2 Å². The normalized spacial score (nSPS) is 18.1. The maximum absolute atomic E-state index is 12.7. The minimum absolute atomic E-state index is 0.0687. The van der Waals surface area contributed by atoms with Crippen molar-refractivity contribution in [2.45, 2.75) is 56.7 Å². The third-order valence-corrected chi connectivity index (χ3v) is 6.81. The van der Waals surface area contributed by atoms with Gasteiger partial charge in [-0.3, -0.25) is 9.59 Å². The van der Waals surface area contributed by atoms with Gasteiger partial charge in [0, 0.05) is 19.0 Å². The number of hydrogen-bond donors (Lipinski definition) is 4. The van der Waals surface area contributed by atoms with Crippen molar-refractivity contribution in [3.63, 3.8) is 0 Å². The zero-order chi connectivity index (χ0) is 23.3. The van der Waals surface area contributed by atoms with E-state index in [1.54, 1.807) is 12.1 Å². The lowest BCUT2D eigenvalue weighted by atomic mass is 9.95. The van der Waals surface area contributed by atoms with Crippen molar-refractivity contribution in [1.82, 2.24) is 14.9 Å². The Morgan fingerprint density at radius 1 is 1.10 bits per heavy atom. The van der Waals surface area contributed by atoms with Crippen LogP contribution in [-0.4, -0.2) is 72.6 Å². The summed E-state index contributed by atoms with van der Waals surface area (Å²) in [7, 11) is -3.85. The summed E-state index contributed by atoms with van der Waals surface area (Å²) in [5.41, 5.74) is 0.915. The largest absolute Gasteiger partial charge is 0.480 e. The Labute approximate surface area is 181 Å².